The Hall–Kier alpha value is -9.28. The number of rotatable bonds is 9. The minimum Gasteiger partial charge on any atom is -0.493 e. The molecule has 0 spiro atoms. The predicted molar refractivity (Wildman–Crippen MR) is 401 cm³/mol. The number of nitrogens with zero attached hydrogens (tertiary/aromatic N) is 10. The summed E-state index contributed by atoms with van der Waals surface area (Å²) in [7, 11) is 0. The van der Waals surface area contributed by atoms with Crippen molar-refractivity contribution in [2.75, 3.05) is 39.2 Å². The number of hydrogen-bond acceptors (Lipinski definition) is 10. The monoisotopic (exact) mass is 2030 g/mol. The maximum atomic E-state index is 4.77. The summed E-state index contributed by atoms with van der Waals surface area (Å²) in [5.41, 5.74) is 26.5. The smallest absolute Gasteiger partial charge is 0.126 e. The molecule has 2 aromatic heterocycles. The Morgan fingerprint density at radius 3 is 1.14 bits per heavy atom. The van der Waals surface area contributed by atoms with E-state index < -0.39 is 0 Å². The molecular weight excluding hydrogens is 1950 g/mol. The largest absolute Gasteiger partial charge is 0.493 e. The molecule has 514 valence electrons. The molecule has 0 amide bonds. The Kier molecular flexibility index (Phi) is 25.0. The SMILES string of the molecule is Cc1cc(-c2ccccc2)ccc1N1[CH-]N(c2[c-]cccc2)c2ccccc21.Cc1ccc2c(c1)N(c1ccccc1C)[CH-]N2c1[c-]cccc1.Cc1ccc2c(n1)N(c1ccccc1C)[CH-]N2c1[c-]cccc1.Cc1cnc2c(c1)N(c1ccccc1C)[CH-]N2c1[c-]cccc1.[Ir].[Ir].[Ir].[Ir]. The van der Waals surface area contributed by atoms with Crippen LogP contribution < -0.4 is 39.2 Å². The number of hydrogen-bond donors (Lipinski definition) is 0. The quantitative estimate of drug-likeness (QED) is 0.131. The van der Waals surface area contributed by atoms with Crippen molar-refractivity contribution in [1.29, 1.82) is 0 Å². The first kappa shape index (κ1) is 74.4. The third kappa shape index (κ3) is 16.1. The number of para-hydroxylation sites is 9. The number of benzene rings is 11. The summed E-state index contributed by atoms with van der Waals surface area (Å²) in [5.74, 6) is 1.89. The van der Waals surface area contributed by atoms with Crippen LogP contribution in [0.5, 0.6) is 0 Å². The van der Waals surface area contributed by atoms with Crippen LogP contribution in [-0.4, -0.2) is 9.97 Å². The molecule has 0 unspecified atom stereocenters. The van der Waals surface area contributed by atoms with Crippen LogP contribution in [0.2, 0.25) is 0 Å². The molecule has 4 aliphatic rings. The maximum absolute atomic E-state index is 4.77. The van der Waals surface area contributed by atoms with Gasteiger partial charge in [-0.1, -0.05) is 109 Å². The Bertz CT molecular complexity index is 4540. The average molecular weight is 2030 g/mol. The van der Waals surface area contributed by atoms with Gasteiger partial charge in [-0.05, 0) is 166 Å². The average Bonchev–Trinajstić information content (AvgIpc) is 1.65. The van der Waals surface area contributed by atoms with Crippen LogP contribution in [0.15, 0.2) is 285 Å². The first-order valence-electron chi connectivity index (χ1n) is 32.6. The van der Waals surface area contributed by atoms with Gasteiger partial charge in [-0.25, -0.2) is 9.97 Å². The molecule has 13 aromatic rings. The van der Waals surface area contributed by atoms with Gasteiger partial charge in [0.05, 0.1) is 11.4 Å². The minimum absolute atomic E-state index is 0. The molecule has 0 fully saturated rings. The molecule has 0 bridgehead atoms. The Balaban J connectivity index is 0.000000144. The van der Waals surface area contributed by atoms with E-state index in [0.717, 1.165) is 68.4 Å². The second-order valence-corrected chi connectivity index (χ2v) is 24.3. The molecule has 0 saturated carbocycles. The van der Waals surface area contributed by atoms with Crippen LogP contribution in [0, 0.1) is 99.4 Å². The van der Waals surface area contributed by atoms with Crippen molar-refractivity contribution < 1.29 is 80.4 Å². The van der Waals surface area contributed by atoms with E-state index >= 15 is 0 Å². The van der Waals surface area contributed by atoms with Crippen LogP contribution in [0.3, 0.4) is 0 Å². The first-order valence-corrected chi connectivity index (χ1v) is 32.6. The summed E-state index contributed by atoms with van der Waals surface area (Å²) in [5, 5.41) is 0. The second kappa shape index (κ2) is 33.9. The normalized spacial score (nSPS) is 12.7. The van der Waals surface area contributed by atoms with Crippen molar-refractivity contribution in [3.05, 3.63) is 375 Å². The van der Waals surface area contributed by atoms with Gasteiger partial charge >= 0.3 is 0 Å². The Morgan fingerprint density at radius 2 is 0.634 bits per heavy atom. The van der Waals surface area contributed by atoms with E-state index in [9.17, 15) is 0 Å². The first-order chi connectivity index (χ1) is 47.5. The van der Waals surface area contributed by atoms with Crippen molar-refractivity contribution in [3.8, 4) is 11.1 Å². The van der Waals surface area contributed by atoms with E-state index in [4.69, 9.17) is 4.98 Å². The number of fused-ring (bicyclic) bond motifs is 4. The fourth-order valence-corrected chi connectivity index (χ4v) is 12.5. The summed E-state index contributed by atoms with van der Waals surface area (Å²) < 4.78 is 0. The number of aryl methyl sites for hydroxylation is 7. The summed E-state index contributed by atoms with van der Waals surface area (Å²) in [6.07, 6.45) is 1.91. The molecule has 6 heterocycles. The molecule has 4 aliphatic heterocycles. The van der Waals surface area contributed by atoms with Crippen molar-refractivity contribution >= 4 is 91.3 Å². The Labute approximate surface area is 650 Å². The minimum atomic E-state index is 0. The van der Waals surface area contributed by atoms with Crippen molar-refractivity contribution in [1.82, 2.24) is 9.97 Å². The summed E-state index contributed by atoms with van der Waals surface area (Å²) in [4.78, 5) is 26.9. The van der Waals surface area contributed by atoms with E-state index in [2.05, 4.69) is 331 Å². The van der Waals surface area contributed by atoms with E-state index in [0.29, 0.717) is 0 Å². The molecule has 101 heavy (non-hydrogen) atoms. The molecule has 0 atom stereocenters. The van der Waals surface area contributed by atoms with E-state index in [1.54, 1.807) is 0 Å². The molecule has 0 aliphatic carbocycles. The molecule has 0 saturated heterocycles. The van der Waals surface area contributed by atoms with Gasteiger partial charge in [0.15, 0.2) is 0 Å². The maximum Gasteiger partial charge on any atom is 0.126 e. The standard InChI is InChI=1S/C26H20N2.C21H18N2.2C20H17N3.4Ir/c1-20-18-22(21-10-4-2-5-11-21)16-17-24(20)28-19-27(23-12-6-3-7-13-23)25-14-8-9-15-26(25)28;1-16-12-13-20-21(14-16)23(19-11-7-6-8-17(19)2)15-22(20)18-9-4-3-5-10-18;1-15-12-19-20(21-13-15)22(17-9-4-3-5-10-17)14-23(19)18-11-7-6-8-16(18)2;1-15-8-6-7-11-18(15)23-14-22(17-9-4-3-5-10-17)19-13-12-16(2)21-20(19)23;;;;/h2-12,14-19H,1H3;3-9,11-15H,1-2H3;2*3-9,11-14H,1-2H3;;;;/q4*-2;;;;. The van der Waals surface area contributed by atoms with Crippen LogP contribution in [0.4, 0.5) is 91.3 Å². The van der Waals surface area contributed by atoms with Gasteiger partial charge in [-0.3, -0.25) is 0 Å². The molecule has 10 nitrogen and oxygen atoms in total. The van der Waals surface area contributed by atoms with Gasteiger partial charge in [0.2, 0.25) is 0 Å². The number of pyridine rings is 2. The van der Waals surface area contributed by atoms with Gasteiger partial charge in [-0.15, -0.1) is 49.4 Å². The predicted octanol–water partition coefficient (Wildman–Crippen LogP) is 22.2. The van der Waals surface area contributed by atoms with E-state index in [-0.39, 0.29) is 80.4 Å². The van der Waals surface area contributed by atoms with Gasteiger partial charge in [0.25, 0.3) is 0 Å². The fraction of sp³-hybridized carbons (Fsp3) is 0.0805. The topological polar surface area (TPSA) is 51.7 Å². The van der Waals surface area contributed by atoms with Crippen LogP contribution >= 0.6 is 0 Å². The second-order valence-electron chi connectivity index (χ2n) is 24.3. The van der Waals surface area contributed by atoms with Gasteiger partial charge < -0.3 is 39.2 Å². The van der Waals surface area contributed by atoms with E-state index in [1.807, 2.05) is 98.0 Å². The fourth-order valence-electron chi connectivity index (χ4n) is 12.5. The van der Waals surface area contributed by atoms with E-state index in [1.165, 1.54) is 73.1 Å². The molecule has 4 radical (unpaired) electrons. The van der Waals surface area contributed by atoms with Crippen LogP contribution in [0.25, 0.3) is 11.1 Å². The Morgan fingerprint density at radius 1 is 0.257 bits per heavy atom. The zero-order valence-corrected chi connectivity index (χ0v) is 66.3. The summed E-state index contributed by atoms with van der Waals surface area (Å²) in [6, 6.07) is 109. The zero-order valence-electron chi connectivity index (χ0n) is 56.8. The molecule has 11 aromatic carbocycles. The van der Waals surface area contributed by atoms with Gasteiger partial charge in [-0.2, -0.15) is 121 Å². The molecule has 0 N–H and O–H groups in total. The van der Waals surface area contributed by atoms with Gasteiger partial charge in [0, 0.05) is 138 Å². The van der Waals surface area contributed by atoms with Crippen molar-refractivity contribution in [2.24, 2.45) is 0 Å². The third-order valence-electron chi connectivity index (χ3n) is 17.4. The number of anilines is 16. The van der Waals surface area contributed by atoms with Crippen LogP contribution in [-0.2, 0) is 80.4 Å². The molecule has 14 heteroatoms. The number of aromatic nitrogens is 2. The molecular formula is C87H72Ir4N10-8. The van der Waals surface area contributed by atoms with Crippen molar-refractivity contribution in [3.63, 3.8) is 0 Å². The van der Waals surface area contributed by atoms with Crippen molar-refractivity contribution in [2.45, 2.75) is 48.5 Å². The van der Waals surface area contributed by atoms with Gasteiger partial charge in [0.1, 0.15) is 11.6 Å². The summed E-state index contributed by atoms with van der Waals surface area (Å²) in [6.45, 7) is 23.3. The zero-order chi connectivity index (χ0) is 66.4. The third-order valence-corrected chi connectivity index (χ3v) is 17.4. The van der Waals surface area contributed by atoms with Crippen LogP contribution in [0.1, 0.15) is 39.1 Å². The summed E-state index contributed by atoms with van der Waals surface area (Å²) >= 11 is 0. The molecule has 17 rings (SSSR count).